The minimum atomic E-state index is 0. The molecular weight excluding hydrogens is 407 g/mol. The molecule has 0 unspecified atom stereocenters. The fourth-order valence-electron chi connectivity index (χ4n) is 2.96. The number of nitrogens with zero attached hydrogens (tertiary/aromatic N) is 2. The number of guanidine groups is 1. The highest BCUT2D eigenvalue weighted by molar-refractivity contribution is 14.0. The monoisotopic (exact) mass is 436 g/mol. The van der Waals surface area contributed by atoms with Crippen LogP contribution in [0.4, 0.5) is 0 Å². The van der Waals surface area contributed by atoms with Gasteiger partial charge in [-0.1, -0.05) is 13.8 Å². The van der Waals surface area contributed by atoms with Crippen molar-refractivity contribution in [3.8, 4) is 0 Å². The molecule has 0 amide bonds. The van der Waals surface area contributed by atoms with E-state index >= 15 is 0 Å². The molecule has 1 fully saturated rings. The first-order chi connectivity index (χ1) is 10.1. The number of aliphatic imine (C=N–C) groups is 1. The fraction of sp³-hybridized carbons (Fsp3) is 0.750. The van der Waals surface area contributed by atoms with E-state index in [1.165, 1.54) is 25.7 Å². The van der Waals surface area contributed by atoms with Gasteiger partial charge in [-0.15, -0.1) is 35.3 Å². The van der Waals surface area contributed by atoms with E-state index in [4.69, 9.17) is 0 Å². The van der Waals surface area contributed by atoms with E-state index < -0.39 is 0 Å². The van der Waals surface area contributed by atoms with Crippen LogP contribution < -0.4 is 10.6 Å². The van der Waals surface area contributed by atoms with Crippen LogP contribution in [-0.2, 0) is 6.54 Å². The number of hydrogen-bond acceptors (Lipinski definition) is 3. The summed E-state index contributed by atoms with van der Waals surface area (Å²) < 4.78 is 0. The Morgan fingerprint density at radius 2 is 2.05 bits per heavy atom. The van der Waals surface area contributed by atoms with Gasteiger partial charge in [0.05, 0.1) is 6.54 Å². The summed E-state index contributed by atoms with van der Waals surface area (Å²) in [5.74, 6) is 2.61. The highest BCUT2D eigenvalue weighted by atomic mass is 127. The van der Waals surface area contributed by atoms with Crippen molar-refractivity contribution < 1.29 is 0 Å². The Bertz CT molecular complexity index is 464. The first kappa shape index (κ1) is 19.7. The molecule has 1 saturated carbocycles. The van der Waals surface area contributed by atoms with Crippen LogP contribution in [0.25, 0.3) is 0 Å². The van der Waals surface area contributed by atoms with Crippen molar-refractivity contribution >= 4 is 41.3 Å². The van der Waals surface area contributed by atoms with Crippen molar-refractivity contribution in [3.63, 3.8) is 0 Å². The third-order valence-electron chi connectivity index (χ3n) is 4.35. The van der Waals surface area contributed by atoms with Gasteiger partial charge in [-0.2, -0.15) is 0 Å². The summed E-state index contributed by atoms with van der Waals surface area (Å²) >= 11 is 1.70. The maximum Gasteiger partial charge on any atom is 0.191 e. The van der Waals surface area contributed by atoms with Gasteiger partial charge in [-0.25, -0.2) is 4.98 Å². The van der Waals surface area contributed by atoms with E-state index in [0.717, 1.165) is 35.0 Å². The number of aryl methyl sites for hydroxylation is 1. The number of aromatic nitrogens is 1. The van der Waals surface area contributed by atoms with Gasteiger partial charge < -0.3 is 10.6 Å². The molecule has 1 aromatic heterocycles. The fourth-order valence-corrected chi connectivity index (χ4v) is 3.67. The van der Waals surface area contributed by atoms with Crippen LogP contribution in [-0.4, -0.2) is 24.0 Å². The molecule has 1 aromatic rings. The zero-order valence-corrected chi connectivity index (χ0v) is 17.2. The molecule has 4 nitrogen and oxygen atoms in total. The minimum Gasteiger partial charge on any atom is -0.354 e. The quantitative estimate of drug-likeness (QED) is 0.427. The SMILES string of the molecule is CN=C(NCc1nc(C)cs1)NC1CCC(C(C)C)CC1.I. The summed E-state index contributed by atoms with van der Waals surface area (Å²) in [5, 5.41) is 10.1. The molecule has 0 atom stereocenters. The summed E-state index contributed by atoms with van der Waals surface area (Å²) in [6.07, 6.45) is 5.16. The van der Waals surface area contributed by atoms with Gasteiger partial charge >= 0.3 is 0 Å². The second kappa shape index (κ2) is 9.70. The molecule has 0 radical (unpaired) electrons. The molecule has 2 rings (SSSR count). The zero-order valence-electron chi connectivity index (χ0n) is 14.1. The van der Waals surface area contributed by atoms with E-state index in [2.05, 4.69) is 39.8 Å². The lowest BCUT2D eigenvalue weighted by molar-refractivity contribution is 0.250. The van der Waals surface area contributed by atoms with Crippen molar-refractivity contribution in [3.05, 3.63) is 16.1 Å². The van der Waals surface area contributed by atoms with Crippen molar-refractivity contribution in [2.45, 2.75) is 59.0 Å². The number of hydrogen-bond donors (Lipinski definition) is 2. The van der Waals surface area contributed by atoms with Gasteiger partial charge in [0.2, 0.25) is 0 Å². The number of rotatable bonds is 4. The van der Waals surface area contributed by atoms with Gasteiger partial charge in [-0.05, 0) is 44.4 Å². The standard InChI is InChI=1S/C16H28N4S.HI/c1-11(2)13-5-7-14(8-6-13)20-16(17-4)18-9-15-19-12(3)10-21-15;/h10-11,13-14H,5-9H2,1-4H3,(H2,17,18,20);1H. The molecular formula is C16H29IN4S. The minimum absolute atomic E-state index is 0. The summed E-state index contributed by atoms with van der Waals surface area (Å²) in [4.78, 5) is 8.80. The van der Waals surface area contributed by atoms with E-state index in [9.17, 15) is 0 Å². The number of thiazole rings is 1. The third-order valence-corrected chi connectivity index (χ3v) is 5.32. The Labute approximate surface area is 155 Å². The first-order valence-electron chi connectivity index (χ1n) is 7.96. The molecule has 1 heterocycles. The van der Waals surface area contributed by atoms with Gasteiger partial charge in [0.1, 0.15) is 5.01 Å². The van der Waals surface area contributed by atoms with Gasteiger partial charge in [0, 0.05) is 24.2 Å². The van der Waals surface area contributed by atoms with E-state index in [-0.39, 0.29) is 24.0 Å². The van der Waals surface area contributed by atoms with Crippen molar-refractivity contribution in [1.29, 1.82) is 0 Å². The predicted octanol–water partition coefficient (Wildman–Crippen LogP) is 3.95. The summed E-state index contributed by atoms with van der Waals surface area (Å²) in [5.41, 5.74) is 1.09. The smallest absolute Gasteiger partial charge is 0.191 e. The molecule has 0 bridgehead atoms. The lowest BCUT2D eigenvalue weighted by atomic mass is 9.80. The molecule has 6 heteroatoms. The molecule has 0 saturated heterocycles. The average molecular weight is 436 g/mol. The van der Waals surface area contributed by atoms with Crippen LogP contribution in [0.5, 0.6) is 0 Å². The molecule has 0 aromatic carbocycles. The number of halogens is 1. The van der Waals surface area contributed by atoms with Crippen LogP contribution in [0, 0.1) is 18.8 Å². The molecule has 1 aliphatic rings. The van der Waals surface area contributed by atoms with E-state index in [1.54, 1.807) is 11.3 Å². The molecule has 126 valence electrons. The van der Waals surface area contributed by atoms with Crippen molar-refractivity contribution in [2.24, 2.45) is 16.8 Å². The van der Waals surface area contributed by atoms with Crippen LogP contribution in [0.15, 0.2) is 10.4 Å². The molecule has 0 aliphatic heterocycles. The summed E-state index contributed by atoms with van der Waals surface area (Å²) in [6.45, 7) is 7.46. The van der Waals surface area contributed by atoms with Crippen molar-refractivity contribution in [1.82, 2.24) is 15.6 Å². The van der Waals surface area contributed by atoms with Crippen LogP contribution in [0.2, 0.25) is 0 Å². The van der Waals surface area contributed by atoms with E-state index in [0.29, 0.717) is 6.04 Å². The van der Waals surface area contributed by atoms with Gasteiger partial charge in [-0.3, -0.25) is 4.99 Å². The topological polar surface area (TPSA) is 49.3 Å². The van der Waals surface area contributed by atoms with Gasteiger partial charge in [0.25, 0.3) is 0 Å². The van der Waals surface area contributed by atoms with Crippen molar-refractivity contribution in [2.75, 3.05) is 7.05 Å². The Morgan fingerprint density at radius 3 is 2.55 bits per heavy atom. The maximum atomic E-state index is 4.47. The maximum absolute atomic E-state index is 4.47. The van der Waals surface area contributed by atoms with Gasteiger partial charge in [0.15, 0.2) is 5.96 Å². The summed E-state index contributed by atoms with van der Waals surface area (Å²) in [7, 11) is 1.84. The predicted molar refractivity (Wildman–Crippen MR) is 106 cm³/mol. The molecule has 22 heavy (non-hydrogen) atoms. The summed E-state index contributed by atoms with van der Waals surface area (Å²) in [6, 6.07) is 0.559. The Morgan fingerprint density at radius 1 is 1.36 bits per heavy atom. The molecule has 1 aliphatic carbocycles. The lowest BCUT2D eigenvalue weighted by Crippen LogP contribution is -2.44. The zero-order chi connectivity index (χ0) is 15.2. The average Bonchev–Trinajstić information content (AvgIpc) is 2.89. The molecule has 0 spiro atoms. The largest absolute Gasteiger partial charge is 0.354 e. The second-order valence-corrected chi connectivity index (χ2v) is 7.25. The Balaban J connectivity index is 0.00000242. The van der Waals surface area contributed by atoms with E-state index in [1.807, 2.05) is 14.0 Å². The molecule has 2 N–H and O–H groups in total. The highest BCUT2D eigenvalue weighted by Gasteiger charge is 2.23. The lowest BCUT2D eigenvalue weighted by Gasteiger charge is -2.32. The normalized spacial score (nSPS) is 22.3. The van der Waals surface area contributed by atoms with Crippen LogP contribution in [0.1, 0.15) is 50.2 Å². The highest BCUT2D eigenvalue weighted by Crippen LogP contribution is 2.29. The first-order valence-corrected chi connectivity index (χ1v) is 8.84. The second-order valence-electron chi connectivity index (χ2n) is 6.31. The van der Waals surface area contributed by atoms with Crippen LogP contribution >= 0.6 is 35.3 Å². The Kier molecular flexibility index (Phi) is 8.67. The number of nitrogens with one attached hydrogen (secondary N) is 2. The third kappa shape index (κ3) is 6.02. The van der Waals surface area contributed by atoms with Crippen LogP contribution in [0.3, 0.4) is 0 Å². The Hall–Kier alpha value is -0.370.